The molecule has 0 amide bonds. The van der Waals surface area contributed by atoms with Crippen LogP contribution in [0.15, 0.2) is 36.4 Å². The molecule has 0 fully saturated rings. The molecular weight excluding hydrogens is 415 g/mol. The molecule has 0 unspecified atom stereocenters. The first-order valence-corrected chi connectivity index (χ1v) is 8.63. The minimum Gasteiger partial charge on any atom is -0.457 e. The van der Waals surface area contributed by atoms with E-state index in [1.807, 2.05) is 74.4 Å². The Labute approximate surface area is 184 Å². The summed E-state index contributed by atoms with van der Waals surface area (Å²) in [6.07, 6.45) is 0.650. The first kappa shape index (κ1) is 27.0. The van der Waals surface area contributed by atoms with Crippen LogP contribution in [0.5, 0.6) is 11.5 Å². The van der Waals surface area contributed by atoms with E-state index in [4.69, 9.17) is 4.74 Å². The average molecular weight is 443 g/mol. The van der Waals surface area contributed by atoms with E-state index in [0.29, 0.717) is 30.6 Å². The molecule has 8 heteroatoms. The van der Waals surface area contributed by atoms with E-state index in [-0.39, 0.29) is 41.9 Å². The lowest BCUT2D eigenvalue weighted by atomic mass is 9.95. The van der Waals surface area contributed by atoms with Crippen molar-refractivity contribution in [2.45, 2.75) is 6.42 Å². The van der Waals surface area contributed by atoms with Gasteiger partial charge in [-0.15, -0.1) is 24.8 Å². The Morgan fingerprint density at radius 2 is 1.17 bits per heavy atom. The second-order valence-corrected chi connectivity index (χ2v) is 7.25. The summed E-state index contributed by atoms with van der Waals surface area (Å²) in [6, 6.07) is 11.1. The number of Topliss-reactive ketones (excluding diaryl/α,β-unsaturated/α-hetero) is 2. The van der Waals surface area contributed by atoms with Gasteiger partial charge in [-0.25, -0.2) is 0 Å². The fourth-order valence-corrected chi connectivity index (χ4v) is 3.06. The van der Waals surface area contributed by atoms with E-state index in [9.17, 15) is 9.59 Å². The molecule has 0 atom stereocenters. The maximum atomic E-state index is 12.3. The minimum absolute atomic E-state index is 0. The molecule has 1 aliphatic heterocycles. The molecule has 1 heterocycles. The van der Waals surface area contributed by atoms with Crippen LogP contribution in [-0.2, 0) is 6.42 Å². The molecule has 2 aromatic rings. The van der Waals surface area contributed by atoms with Crippen LogP contribution in [0.1, 0.15) is 31.8 Å². The molecule has 0 bridgehead atoms. The second-order valence-electron chi connectivity index (χ2n) is 7.25. The largest absolute Gasteiger partial charge is 0.457 e. The third kappa shape index (κ3) is 6.52. The van der Waals surface area contributed by atoms with Gasteiger partial charge in [-0.2, -0.15) is 0 Å². The van der Waals surface area contributed by atoms with Crippen molar-refractivity contribution in [3.05, 3.63) is 58.7 Å². The number of rotatable bonds is 6. The molecule has 0 saturated carbocycles. The summed E-state index contributed by atoms with van der Waals surface area (Å²) < 4.78 is 5.97. The fourth-order valence-electron chi connectivity index (χ4n) is 3.06. The summed E-state index contributed by atoms with van der Waals surface area (Å²) in [4.78, 5) is 28.3. The van der Waals surface area contributed by atoms with Crippen molar-refractivity contribution in [3.8, 4) is 11.5 Å². The Morgan fingerprint density at radius 1 is 0.793 bits per heavy atom. The monoisotopic (exact) mass is 442 g/mol. The van der Waals surface area contributed by atoms with Gasteiger partial charge in [0.15, 0.2) is 11.6 Å². The smallest absolute Gasteiger partial charge is 0.176 e. The first-order chi connectivity index (χ1) is 12.3. The molecule has 0 saturated heterocycles. The number of likely N-dealkylation sites (N-methyl/N-ethyl adjacent to an activating group) is 2. The summed E-state index contributed by atoms with van der Waals surface area (Å²) in [5, 5.41) is 0. The number of carbonyl (C=O) groups is 2. The Kier molecular flexibility index (Phi) is 10.5. The van der Waals surface area contributed by atoms with Crippen molar-refractivity contribution in [2.24, 2.45) is 0 Å². The SMILES string of the molecule is CN(C)CC(=O)c1ccc2c(c1)Cc1cc(C(=O)CN(C)C)ccc1O2.Cl.Cl.O. The van der Waals surface area contributed by atoms with Crippen molar-refractivity contribution >= 4 is 36.4 Å². The highest BCUT2D eigenvalue weighted by molar-refractivity contribution is 5.98. The van der Waals surface area contributed by atoms with Gasteiger partial charge >= 0.3 is 0 Å². The van der Waals surface area contributed by atoms with Crippen LogP contribution in [0.2, 0.25) is 0 Å². The summed E-state index contributed by atoms with van der Waals surface area (Å²) in [7, 11) is 7.51. The van der Waals surface area contributed by atoms with Gasteiger partial charge in [0, 0.05) is 28.7 Å². The minimum atomic E-state index is 0. The van der Waals surface area contributed by atoms with Gasteiger partial charge in [-0.3, -0.25) is 9.59 Å². The quantitative estimate of drug-likeness (QED) is 0.548. The molecule has 0 radical (unpaired) electrons. The van der Waals surface area contributed by atoms with Gasteiger partial charge in [0.05, 0.1) is 13.1 Å². The number of carbonyl (C=O) groups excluding carboxylic acids is 2. The number of nitrogens with zero attached hydrogens (tertiary/aromatic N) is 2. The molecule has 3 rings (SSSR count). The van der Waals surface area contributed by atoms with Crippen molar-refractivity contribution < 1.29 is 19.8 Å². The zero-order valence-corrected chi connectivity index (χ0v) is 18.7. The van der Waals surface area contributed by atoms with Crippen molar-refractivity contribution in [3.63, 3.8) is 0 Å². The third-order valence-electron chi connectivity index (χ3n) is 4.29. The van der Waals surface area contributed by atoms with E-state index in [0.717, 1.165) is 22.6 Å². The fraction of sp³-hybridized carbons (Fsp3) is 0.333. The summed E-state index contributed by atoms with van der Waals surface area (Å²) in [6.45, 7) is 0.749. The van der Waals surface area contributed by atoms with E-state index >= 15 is 0 Å². The van der Waals surface area contributed by atoms with Crippen molar-refractivity contribution in [2.75, 3.05) is 41.3 Å². The van der Waals surface area contributed by atoms with E-state index < -0.39 is 0 Å². The van der Waals surface area contributed by atoms with Gasteiger partial charge in [0.25, 0.3) is 0 Å². The molecule has 1 aliphatic rings. The third-order valence-corrected chi connectivity index (χ3v) is 4.29. The number of benzene rings is 2. The Morgan fingerprint density at radius 3 is 1.52 bits per heavy atom. The Balaban J connectivity index is 0.00000261. The molecule has 0 aromatic heterocycles. The molecule has 0 aliphatic carbocycles. The zero-order valence-electron chi connectivity index (χ0n) is 17.0. The highest BCUT2D eigenvalue weighted by Crippen LogP contribution is 2.37. The highest BCUT2D eigenvalue weighted by Gasteiger charge is 2.20. The number of hydrogen-bond acceptors (Lipinski definition) is 5. The molecule has 2 aromatic carbocycles. The van der Waals surface area contributed by atoms with Gasteiger partial charge in [-0.05, 0) is 64.6 Å². The normalized spacial score (nSPS) is 11.2. The van der Waals surface area contributed by atoms with E-state index in [1.165, 1.54) is 0 Å². The van der Waals surface area contributed by atoms with Crippen LogP contribution in [-0.4, -0.2) is 68.1 Å². The van der Waals surface area contributed by atoms with Crippen LogP contribution in [0, 0.1) is 0 Å². The second kappa shape index (κ2) is 11.3. The van der Waals surface area contributed by atoms with E-state index in [2.05, 4.69) is 0 Å². The molecule has 6 nitrogen and oxygen atoms in total. The van der Waals surface area contributed by atoms with Gasteiger partial charge in [-0.1, -0.05) is 0 Å². The van der Waals surface area contributed by atoms with Crippen LogP contribution in [0.25, 0.3) is 0 Å². The van der Waals surface area contributed by atoms with Crippen molar-refractivity contribution in [1.29, 1.82) is 0 Å². The van der Waals surface area contributed by atoms with Crippen LogP contribution >= 0.6 is 24.8 Å². The standard InChI is InChI=1S/C21H24N2O3.2ClH.H2O/c1-22(2)12-18(24)14-5-7-20-16(9-14)11-17-10-15(6-8-21(17)26-20)19(25)13-23(3)4;;;/h5-10H,11-13H2,1-4H3;2*1H;1H2. The summed E-state index contributed by atoms with van der Waals surface area (Å²) in [5.41, 5.74) is 3.31. The zero-order chi connectivity index (χ0) is 18.8. The maximum Gasteiger partial charge on any atom is 0.176 e. The molecule has 160 valence electrons. The number of hydrogen-bond donors (Lipinski definition) is 0. The lowest BCUT2D eigenvalue weighted by Gasteiger charge is -2.21. The molecule has 0 spiro atoms. The average Bonchev–Trinajstić information content (AvgIpc) is 2.57. The molecular formula is C21H28Cl2N2O4. The van der Waals surface area contributed by atoms with E-state index in [1.54, 1.807) is 0 Å². The Bertz CT molecular complexity index is 800. The maximum absolute atomic E-state index is 12.3. The molecule has 2 N–H and O–H groups in total. The number of fused-ring (bicyclic) bond motifs is 2. The van der Waals surface area contributed by atoms with Crippen molar-refractivity contribution in [1.82, 2.24) is 9.80 Å². The predicted octanol–water partition coefficient (Wildman–Crippen LogP) is 2.89. The van der Waals surface area contributed by atoms with Gasteiger partial charge in [0.1, 0.15) is 11.5 Å². The first-order valence-electron chi connectivity index (χ1n) is 8.63. The lowest BCUT2D eigenvalue weighted by molar-refractivity contribution is 0.0949. The number of ether oxygens (including phenoxy) is 1. The highest BCUT2D eigenvalue weighted by atomic mass is 35.5. The van der Waals surface area contributed by atoms with Crippen LogP contribution in [0.3, 0.4) is 0 Å². The predicted molar refractivity (Wildman–Crippen MR) is 120 cm³/mol. The van der Waals surface area contributed by atoms with Crippen LogP contribution in [0.4, 0.5) is 0 Å². The Hall–Kier alpha value is -1.96. The molecule has 29 heavy (non-hydrogen) atoms. The number of halogens is 2. The summed E-state index contributed by atoms with van der Waals surface area (Å²) in [5.74, 6) is 1.70. The lowest BCUT2D eigenvalue weighted by Crippen LogP contribution is -2.22. The topological polar surface area (TPSA) is 81.4 Å². The van der Waals surface area contributed by atoms with Crippen LogP contribution < -0.4 is 4.74 Å². The summed E-state index contributed by atoms with van der Waals surface area (Å²) >= 11 is 0. The number of ketones is 2. The van der Waals surface area contributed by atoms with Gasteiger partial charge < -0.3 is 20.0 Å². The van der Waals surface area contributed by atoms with Gasteiger partial charge in [0.2, 0.25) is 0 Å².